The van der Waals surface area contributed by atoms with Crippen LogP contribution in [0.5, 0.6) is 0 Å². The van der Waals surface area contributed by atoms with Crippen molar-refractivity contribution in [2.24, 2.45) is 11.0 Å². The molecule has 0 spiro atoms. The largest absolute Gasteiger partial charge is 0.0937 e. The number of nitrogens with zero attached hydrogens (tertiary/aromatic N) is 3. The molecule has 0 aliphatic heterocycles. The second-order valence-electron chi connectivity index (χ2n) is 3.72. The van der Waals surface area contributed by atoms with Crippen LogP contribution in [-0.4, -0.2) is 6.54 Å². The Morgan fingerprint density at radius 2 is 1.92 bits per heavy atom. The molecule has 0 fully saturated rings. The average molecular weight is 183 g/mol. The number of hydrogen-bond acceptors (Lipinski definition) is 1. The molecule has 3 heteroatoms. The molecule has 0 heterocycles. The molecule has 0 aromatic carbocycles. The van der Waals surface area contributed by atoms with E-state index in [0.29, 0.717) is 12.5 Å². The monoisotopic (exact) mass is 183 g/mol. The van der Waals surface area contributed by atoms with Crippen molar-refractivity contribution in [3.05, 3.63) is 10.4 Å². The first kappa shape index (κ1) is 12.3. The predicted molar refractivity (Wildman–Crippen MR) is 56.6 cm³/mol. The van der Waals surface area contributed by atoms with Crippen molar-refractivity contribution in [2.45, 2.75) is 52.4 Å². The lowest BCUT2D eigenvalue weighted by Gasteiger charge is -2.06. The summed E-state index contributed by atoms with van der Waals surface area (Å²) in [5.41, 5.74) is 8.12. The maximum atomic E-state index is 8.12. The summed E-state index contributed by atoms with van der Waals surface area (Å²) in [5.74, 6) is 0.553. The Balaban J connectivity index is 3.16. The van der Waals surface area contributed by atoms with E-state index < -0.39 is 0 Å². The second kappa shape index (κ2) is 9.40. The third-order valence-corrected chi connectivity index (χ3v) is 2.26. The molecule has 0 radical (unpaired) electrons. The van der Waals surface area contributed by atoms with E-state index in [1.165, 1.54) is 38.5 Å². The van der Waals surface area contributed by atoms with Crippen molar-refractivity contribution in [3.63, 3.8) is 0 Å². The molecule has 0 saturated carbocycles. The van der Waals surface area contributed by atoms with Crippen LogP contribution in [0.2, 0.25) is 0 Å². The van der Waals surface area contributed by atoms with Crippen LogP contribution >= 0.6 is 0 Å². The van der Waals surface area contributed by atoms with E-state index in [1.807, 2.05) is 0 Å². The fraction of sp³-hybridized carbons (Fsp3) is 1.00. The highest BCUT2D eigenvalue weighted by atomic mass is 15.1. The summed E-state index contributed by atoms with van der Waals surface area (Å²) < 4.78 is 0. The summed E-state index contributed by atoms with van der Waals surface area (Å²) in [6.45, 7) is 5.03. The lowest BCUT2D eigenvalue weighted by molar-refractivity contribution is 0.493. The van der Waals surface area contributed by atoms with E-state index in [4.69, 9.17) is 5.53 Å². The molecule has 0 aromatic rings. The maximum Gasteiger partial charge on any atom is 0.0283 e. The number of unbranched alkanes of at least 4 members (excludes halogenated alkanes) is 4. The Kier molecular flexibility index (Phi) is 8.90. The van der Waals surface area contributed by atoms with Crippen molar-refractivity contribution in [1.29, 1.82) is 0 Å². The summed E-state index contributed by atoms with van der Waals surface area (Å²) in [4.78, 5) is 2.76. The molecule has 0 aliphatic carbocycles. The van der Waals surface area contributed by atoms with Crippen LogP contribution in [0.25, 0.3) is 10.4 Å². The summed E-state index contributed by atoms with van der Waals surface area (Å²) in [7, 11) is 0. The van der Waals surface area contributed by atoms with Crippen LogP contribution in [0.4, 0.5) is 0 Å². The molecule has 1 atom stereocenters. The van der Waals surface area contributed by atoms with E-state index >= 15 is 0 Å². The molecule has 0 saturated heterocycles. The molecule has 0 bridgehead atoms. The van der Waals surface area contributed by atoms with Crippen LogP contribution < -0.4 is 0 Å². The molecular formula is C10H21N3. The van der Waals surface area contributed by atoms with Gasteiger partial charge in [-0.1, -0.05) is 57.5 Å². The van der Waals surface area contributed by atoms with Crippen molar-refractivity contribution >= 4 is 0 Å². The lowest BCUT2D eigenvalue weighted by Crippen LogP contribution is -1.98. The average Bonchev–Trinajstić information content (AvgIpc) is 2.14. The molecule has 76 valence electrons. The van der Waals surface area contributed by atoms with E-state index in [1.54, 1.807) is 0 Å². The number of rotatable bonds is 8. The fourth-order valence-electron chi connectivity index (χ4n) is 1.36. The van der Waals surface area contributed by atoms with Crippen molar-refractivity contribution in [1.82, 2.24) is 0 Å². The Morgan fingerprint density at radius 3 is 2.54 bits per heavy atom. The van der Waals surface area contributed by atoms with Gasteiger partial charge in [0.05, 0.1) is 0 Å². The number of hydrogen-bond donors (Lipinski definition) is 0. The molecule has 0 rings (SSSR count). The summed E-state index contributed by atoms with van der Waals surface area (Å²) in [5, 5.41) is 3.57. The highest BCUT2D eigenvalue weighted by Gasteiger charge is 1.99. The second-order valence-corrected chi connectivity index (χ2v) is 3.72. The zero-order chi connectivity index (χ0) is 9.94. The Labute approximate surface area is 81.2 Å². The van der Waals surface area contributed by atoms with Gasteiger partial charge in [0.2, 0.25) is 0 Å². The molecular weight excluding hydrogens is 162 g/mol. The van der Waals surface area contributed by atoms with Crippen LogP contribution in [0.3, 0.4) is 0 Å². The predicted octanol–water partition coefficient (Wildman–Crippen LogP) is 4.29. The Morgan fingerprint density at radius 1 is 1.23 bits per heavy atom. The summed E-state index contributed by atoms with van der Waals surface area (Å²) >= 11 is 0. The van der Waals surface area contributed by atoms with Gasteiger partial charge in [-0.25, -0.2) is 0 Å². The topological polar surface area (TPSA) is 48.8 Å². The molecule has 0 aromatic heterocycles. The maximum absolute atomic E-state index is 8.12. The minimum absolute atomic E-state index is 0.553. The van der Waals surface area contributed by atoms with Gasteiger partial charge in [0.15, 0.2) is 0 Å². The van der Waals surface area contributed by atoms with E-state index in [2.05, 4.69) is 23.9 Å². The highest BCUT2D eigenvalue weighted by Crippen LogP contribution is 2.11. The van der Waals surface area contributed by atoms with Gasteiger partial charge < -0.3 is 0 Å². The van der Waals surface area contributed by atoms with Gasteiger partial charge in [-0.3, -0.25) is 0 Å². The van der Waals surface area contributed by atoms with Gasteiger partial charge in [-0.15, -0.1) is 0 Å². The van der Waals surface area contributed by atoms with Crippen molar-refractivity contribution < 1.29 is 0 Å². The minimum Gasteiger partial charge on any atom is -0.0937 e. The van der Waals surface area contributed by atoms with Crippen molar-refractivity contribution in [3.8, 4) is 0 Å². The minimum atomic E-state index is 0.553. The van der Waals surface area contributed by atoms with Gasteiger partial charge >= 0.3 is 0 Å². The molecule has 13 heavy (non-hydrogen) atoms. The van der Waals surface area contributed by atoms with Crippen LogP contribution in [-0.2, 0) is 0 Å². The molecule has 0 N–H and O–H groups in total. The zero-order valence-corrected chi connectivity index (χ0v) is 8.87. The van der Waals surface area contributed by atoms with E-state index in [0.717, 1.165) is 0 Å². The first-order chi connectivity index (χ1) is 6.31. The quantitative estimate of drug-likeness (QED) is 0.233. The highest BCUT2D eigenvalue weighted by molar-refractivity contribution is 4.57. The SMILES string of the molecule is CCCCCCC[C@H](C)CN=[N+]=[N-]. The standard InChI is InChI=1S/C10H21N3/c1-3-4-5-6-7-8-10(2)9-12-13-11/h10H,3-9H2,1-2H3/t10-/m0/s1. The Hall–Kier alpha value is -0.690. The molecule has 0 unspecified atom stereocenters. The van der Waals surface area contributed by atoms with E-state index in [9.17, 15) is 0 Å². The molecule has 3 nitrogen and oxygen atoms in total. The fourth-order valence-corrected chi connectivity index (χ4v) is 1.36. The summed E-state index contributed by atoms with van der Waals surface area (Å²) in [6.07, 6.45) is 7.81. The third kappa shape index (κ3) is 9.22. The van der Waals surface area contributed by atoms with E-state index in [-0.39, 0.29) is 0 Å². The molecule has 0 aliphatic rings. The van der Waals surface area contributed by atoms with Gasteiger partial charge in [0.1, 0.15) is 0 Å². The normalized spacial score (nSPS) is 12.2. The summed E-state index contributed by atoms with van der Waals surface area (Å²) in [6, 6.07) is 0. The number of azide groups is 1. The van der Waals surface area contributed by atoms with Crippen LogP contribution in [0.15, 0.2) is 5.11 Å². The third-order valence-electron chi connectivity index (χ3n) is 2.26. The Bertz CT molecular complexity index is 150. The van der Waals surface area contributed by atoms with Crippen LogP contribution in [0, 0.1) is 5.92 Å². The lowest BCUT2D eigenvalue weighted by atomic mass is 10.0. The van der Waals surface area contributed by atoms with Gasteiger partial charge in [-0.05, 0) is 11.4 Å². The van der Waals surface area contributed by atoms with Crippen LogP contribution in [0.1, 0.15) is 52.4 Å². The van der Waals surface area contributed by atoms with Crippen molar-refractivity contribution in [2.75, 3.05) is 6.54 Å². The van der Waals surface area contributed by atoms with Gasteiger partial charge in [0.25, 0.3) is 0 Å². The first-order valence-corrected chi connectivity index (χ1v) is 5.32. The molecule has 0 amide bonds. The smallest absolute Gasteiger partial charge is 0.0283 e. The first-order valence-electron chi connectivity index (χ1n) is 5.32. The van der Waals surface area contributed by atoms with Gasteiger partial charge in [-0.2, -0.15) is 0 Å². The van der Waals surface area contributed by atoms with Gasteiger partial charge in [0, 0.05) is 11.5 Å². The zero-order valence-electron chi connectivity index (χ0n) is 8.87.